The van der Waals surface area contributed by atoms with Crippen molar-refractivity contribution in [2.24, 2.45) is 0 Å². The van der Waals surface area contributed by atoms with Crippen LogP contribution in [-0.4, -0.2) is 46.5 Å². The van der Waals surface area contributed by atoms with Crippen LogP contribution in [0.3, 0.4) is 0 Å². The van der Waals surface area contributed by atoms with Crippen LogP contribution in [0.5, 0.6) is 0 Å². The number of fused-ring (bicyclic) bond motifs is 1. The smallest absolute Gasteiger partial charge is 0.256 e. The number of carbonyl (C=O) groups excluding carboxylic acids is 1. The molecule has 0 fully saturated rings. The molecule has 1 aromatic heterocycles. The van der Waals surface area contributed by atoms with E-state index in [0.29, 0.717) is 30.1 Å². The zero-order valence-corrected chi connectivity index (χ0v) is 14.4. The molecule has 1 aliphatic heterocycles. The maximum atomic E-state index is 12.6. The molecule has 1 aromatic carbocycles. The molecule has 1 aliphatic rings. The lowest BCUT2D eigenvalue weighted by Gasteiger charge is -2.31. The molecule has 6 nitrogen and oxygen atoms in total. The molecule has 2 aromatic rings. The second-order valence-electron chi connectivity index (χ2n) is 5.98. The van der Waals surface area contributed by atoms with Crippen LogP contribution in [0.4, 0.5) is 5.82 Å². The molecule has 3 rings (SSSR count). The standard InChI is InChI=1S/C17H19ClN4O2/c1-21(2)16-13-6-7-22(9-14(13)19-10-20-16)17(24)15(23)11-4-3-5-12(18)8-11/h3-5,8,10,15,23H,6-7,9H2,1-2H3/t15-/m1/s1. The number of carbonyl (C=O) groups is 1. The van der Waals surface area contributed by atoms with Crippen molar-refractivity contribution in [2.45, 2.75) is 19.1 Å². The van der Waals surface area contributed by atoms with E-state index in [1.54, 1.807) is 29.2 Å². The summed E-state index contributed by atoms with van der Waals surface area (Å²) in [5.41, 5.74) is 2.38. The van der Waals surface area contributed by atoms with Gasteiger partial charge in [-0.2, -0.15) is 0 Å². The summed E-state index contributed by atoms with van der Waals surface area (Å²) in [6.45, 7) is 0.896. The fourth-order valence-corrected chi connectivity index (χ4v) is 3.10. The lowest BCUT2D eigenvalue weighted by molar-refractivity contribution is -0.141. The third kappa shape index (κ3) is 3.20. The first-order chi connectivity index (χ1) is 11.5. The van der Waals surface area contributed by atoms with Crippen LogP contribution in [0.15, 0.2) is 30.6 Å². The number of aliphatic hydroxyl groups is 1. The van der Waals surface area contributed by atoms with Crippen LogP contribution in [0.1, 0.15) is 22.9 Å². The van der Waals surface area contributed by atoms with Gasteiger partial charge in [-0.15, -0.1) is 0 Å². The number of amides is 1. The largest absolute Gasteiger partial charge is 0.378 e. The number of rotatable bonds is 3. The minimum Gasteiger partial charge on any atom is -0.378 e. The van der Waals surface area contributed by atoms with E-state index in [1.165, 1.54) is 6.33 Å². The van der Waals surface area contributed by atoms with Gasteiger partial charge in [-0.05, 0) is 24.1 Å². The summed E-state index contributed by atoms with van der Waals surface area (Å²) in [5, 5.41) is 10.9. The van der Waals surface area contributed by atoms with Crippen molar-refractivity contribution in [1.82, 2.24) is 14.9 Å². The highest BCUT2D eigenvalue weighted by atomic mass is 35.5. The number of halogens is 1. The Morgan fingerprint density at radius 1 is 1.38 bits per heavy atom. The molecule has 1 atom stereocenters. The van der Waals surface area contributed by atoms with Crippen molar-refractivity contribution in [2.75, 3.05) is 25.5 Å². The second kappa shape index (κ2) is 6.75. The van der Waals surface area contributed by atoms with E-state index in [4.69, 9.17) is 11.6 Å². The van der Waals surface area contributed by atoms with Gasteiger partial charge >= 0.3 is 0 Å². The summed E-state index contributed by atoms with van der Waals surface area (Å²) < 4.78 is 0. The van der Waals surface area contributed by atoms with Crippen molar-refractivity contribution in [1.29, 1.82) is 0 Å². The average molecular weight is 347 g/mol. The summed E-state index contributed by atoms with van der Waals surface area (Å²) in [6.07, 6.45) is 0.952. The number of benzene rings is 1. The fourth-order valence-electron chi connectivity index (χ4n) is 2.90. The number of aromatic nitrogens is 2. The Morgan fingerprint density at radius 2 is 2.17 bits per heavy atom. The zero-order chi connectivity index (χ0) is 17.3. The van der Waals surface area contributed by atoms with E-state index in [-0.39, 0.29) is 5.91 Å². The summed E-state index contributed by atoms with van der Waals surface area (Å²) in [6, 6.07) is 6.72. The Kier molecular flexibility index (Phi) is 4.69. The predicted octanol–water partition coefficient (Wildman–Crippen LogP) is 1.81. The van der Waals surface area contributed by atoms with Gasteiger partial charge in [0, 0.05) is 31.2 Å². The van der Waals surface area contributed by atoms with Crippen molar-refractivity contribution < 1.29 is 9.90 Å². The first-order valence-corrected chi connectivity index (χ1v) is 8.07. The second-order valence-corrected chi connectivity index (χ2v) is 6.42. The molecular weight excluding hydrogens is 328 g/mol. The van der Waals surface area contributed by atoms with Crippen molar-refractivity contribution in [3.05, 3.63) is 52.4 Å². The molecule has 24 heavy (non-hydrogen) atoms. The Balaban J connectivity index is 1.80. The van der Waals surface area contributed by atoms with Crippen molar-refractivity contribution in [3.8, 4) is 0 Å². The topological polar surface area (TPSA) is 69.6 Å². The Hall–Kier alpha value is -2.18. The van der Waals surface area contributed by atoms with Crippen molar-refractivity contribution >= 4 is 23.3 Å². The van der Waals surface area contributed by atoms with E-state index >= 15 is 0 Å². The summed E-state index contributed by atoms with van der Waals surface area (Å²) in [4.78, 5) is 24.8. The van der Waals surface area contributed by atoms with Crippen molar-refractivity contribution in [3.63, 3.8) is 0 Å². The van der Waals surface area contributed by atoms with Gasteiger partial charge < -0.3 is 14.9 Å². The van der Waals surface area contributed by atoms with Crippen LogP contribution < -0.4 is 4.90 Å². The fraction of sp³-hybridized carbons (Fsp3) is 0.353. The van der Waals surface area contributed by atoms with Gasteiger partial charge in [0.1, 0.15) is 12.1 Å². The van der Waals surface area contributed by atoms with Gasteiger partial charge in [0.25, 0.3) is 5.91 Å². The third-order valence-electron chi connectivity index (χ3n) is 4.12. The molecule has 2 heterocycles. The first kappa shape index (κ1) is 16.7. The SMILES string of the molecule is CN(C)c1ncnc2c1CCN(C(=O)[C@H](O)c1cccc(Cl)c1)C2. The Morgan fingerprint density at radius 3 is 2.88 bits per heavy atom. The zero-order valence-electron chi connectivity index (χ0n) is 13.6. The number of anilines is 1. The van der Waals surface area contributed by atoms with Crippen LogP contribution in [-0.2, 0) is 17.8 Å². The Bertz CT molecular complexity index is 766. The van der Waals surface area contributed by atoms with Gasteiger partial charge in [-0.1, -0.05) is 23.7 Å². The molecule has 0 aliphatic carbocycles. The average Bonchev–Trinajstić information content (AvgIpc) is 2.59. The van der Waals surface area contributed by atoms with E-state index < -0.39 is 6.10 Å². The van der Waals surface area contributed by atoms with E-state index in [0.717, 1.165) is 17.1 Å². The lowest BCUT2D eigenvalue weighted by Crippen LogP contribution is -2.40. The minimum atomic E-state index is -1.22. The normalized spacial score (nSPS) is 14.9. The summed E-state index contributed by atoms with van der Waals surface area (Å²) in [7, 11) is 3.87. The summed E-state index contributed by atoms with van der Waals surface area (Å²) in [5.74, 6) is 0.537. The monoisotopic (exact) mass is 346 g/mol. The van der Waals surface area contributed by atoms with Gasteiger partial charge in [-0.25, -0.2) is 9.97 Å². The molecule has 0 saturated carbocycles. The van der Waals surface area contributed by atoms with Gasteiger partial charge in [-0.3, -0.25) is 4.79 Å². The highest BCUT2D eigenvalue weighted by molar-refractivity contribution is 6.30. The molecular formula is C17H19ClN4O2. The molecule has 0 bridgehead atoms. The molecule has 0 saturated heterocycles. The third-order valence-corrected chi connectivity index (χ3v) is 4.35. The number of hydrogen-bond acceptors (Lipinski definition) is 5. The number of nitrogens with zero attached hydrogens (tertiary/aromatic N) is 4. The minimum absolute atomic E-state index is 0.340. The number of aliphatic hydroxyl groups excluding tert-OH is 1. The summed E-state index contributed by atoms with van der Waals surface area (Å²) >= 11 is 5.94. The van der Waals surface area contributed by atoms with Crippen LogP contribution >= 0.6 is 11.6 Å². The molecule has 0 unspecified atom stereocenters. The van der Waals surface area contributed by atoms with E-state index in [2.05, 4.69) is 9.97 Å². The van der Waals surface area contributed by atoms with Gasteiger partial charge in [0.2, 0.25) is 0 Å². The van der Waals surface area contributed by atoms with Gasteiger partial charge in [0.15, 0.2) is 6.10 Å². The Labute approximate surface area is 145 Å². The molecule has 1 amide bonds. The highest BCUT2D eigenvalue weighted by Crippen LogP contribution is 2.26. The maximum absolute atomic E-state index is 12.6. The van der Waals surface area contributed by atoms with E-state index in [9.17, 15) is 9.90 Å². The van der Waals surface area contributed by atoms with Crippen LogP contribution in [0.25, 0.3) is 0 Å². The highest BCUT2D eigenvalue weighted by Gasteiger charge is 2.29. The van der Waals surface area contributed by atoms with Crippen LogP contribution in [0.2, 0.25) is 5.02 Å². The molecule has 1 N–H and O–H groups in total. The molecule has 7 heteroatoms. The van der Waals surface area contributed by atoms with Crippen LogP contribution in [0, 0.1) is 0 Å². The quantitative estimate of drug-likeness (QED) is 0.918. The number of hydrogen-bond donors (Lipinski definition) is 1. The maximum Gasteiger partial charge on any atom is 0.256 e. The first-order valence-electron chi connectivity index (χ1n) is 7.69. The molecule has 0 radical (unpaired) electrons. The van der Waals surface area contributed by atoms with Gasteiger partial charge in [0.05, 0.1) is 12.2 Å². The van der Waals surface area contributed by atoms with E-state index in [1.807, 2.05) is 19.0 Å². The predicted molar refractivity (Wildman–Crippen MR) is 91.9 cm³/mol. The molecule has 126 valence electrons. The lowest BCUT2D eigenvalue weighted by atomic mass is 10.0. The molecule has 0 spiro atoms.